The minimum Gasteiger partial charge on any atom is -0.493 e. The van der Waals surface area contributed by atoms with E-state index in [4.69, 9.17) is 9.84 Å². The van der Waals surface area contributed by atoms with Crippen LogP contribution >= 0.6 is 0 Å². The Morgan fingerprint density at radius 1 is 1.22 bits per heavy atom. The van der Waals surface area contributed by atoms with Crippen molar-refractivity contribution in [2.75, 3.05) is 19.7 Å². The van der Waals surface area contributed by atoms with Crippen LogP contribution in [0.25, 0.3) is 0 Å². The van der Waals surface area contributed by atoms with Gasteiger partial charge in [0.2, 0.25) is 0 Å². The van der Waals surface area contributed by atoms with Gasteiger partial charge in [-0.15, -0.1) is 0 Å². The smallest absolute Gasteiger partial charge is 0.317 e. The standard InChI is InChI=1S/C17H22N2O4/c20-16(21)12-5-3-9-19(11-12)17(22)18-14-7-4-10-23-15-8-2-1-6-13(14)15/h1-2,6,8,12,14H,3-5,7,9-11H2,(H,18,22)(H,20,21). The molecule has 124 valence electrons. The SMILES string of the molecule is O=C(O)C1CCCN(C(=O)NC2CCCOc3ccccc32)C1. The normalized spacial score (nSPS) is 24.1. The van der Waals surface area contributed by atoms with Gasteiger partial charge in [0.05, 0.1) is 18.6 Å². The number of carbonyl (C=O) groups is 2. The van der Waals surface area contributed by atoms with Gasteiger partial charge in [0.15, 0.2) is 0 Å². The summed E-state index contributed by atoms with van der Waals surface area (Å²) in [6.45, 7) is 1.54. The molecule has 6 heteroatoms. The lowest BCUT2D eigenvalue weighted by molar-refractivity contribution is -0.143. The molecule has 2 atom stereocenters. The van der Waals surface area contributed by atoms with Crippen molar-refractivity contribution in [1.29, 1.82) is 0 Å². The van der Waals surface area contributed by atoms with Crippen LogP contribution in [0.3, 0.4) is 0 Å². The van der Waals surface area contributed by atoms with Crippen LogP contribution in [0, 0.1) is 5.92 Å². The molecule has 2 aliphatic rings. The third-order valence-electron chi connectivity index (χ3n) is 4.54. The topological polar surface area (TPSA) is 78.9 Å². The minimum atomic E-state index is -0.823. The number of para-hydroxylation sites is 1. The Hall–Kier alpha value is -2.24. The molecule has 2 unspecified atom stereocenters. The maximum absolute atomic E-state index is 12.5. The molecular formula is C17H22N2O4. The Morgan fingerprint density at radius 2 is 2.04 bits per heavy atom. The summed E-state index contributed by atoms with van der Waals surface area (Å²) >= 11 is 0. The molecule has 0 spiro atoms. The summed E-state index contributed by atoms with van der Waals surface area (Å²) in [5, 5.41) is 12.2. The molecule has 1 aromatic carbocycles. The van der Waals surface area contributed by atoms with Crippen molar-refractivity contribution >= 4 is 12.0 Å². The number of piperidine rings is 1. The summed E-state index contributed by atoms with van der Waals surface area (Å²) in [6.07, 6.45) is 3.06. The number of hydrogen-bond donors (Lipinski definition) is 2. The lowest BCUT2D eigenvalue weighted by atomic mass is 9.98. The summed E-state index contributed by atoms with van der Waals surface area (Å²) < 4.78 is 5.71. The molecule has 1 aromatic rings. The number of rotatable bonds is 2. The Balaban J connectivity index is 1.69. The molecule has 3 rings (SSSR count). The molecule has 0 aliphatic carbocycles. The summed E-state index contributed by atoms with van der Waals surface area (Å²) in [7, 11) is 0. The molecule has 0 saturated carbocycles. The number of hydrogen-bond acceptors (Lipinski definition) is 3. The van der Waals surface area contributed by atoms with Crippen LogP contribution in [0.2, 0.25) is 0 Å². The van der Waals surface area contributed by atoms with Gasteiger partial charge in [-0.2, -0.15) is 0 Å². The molecule has 0 aromatic heterocycles. The number of carboxylic acids is 1. The number of benzene rings is 1. The van der Waals surface area contributed by atoms with Gasteiger partial charge in [0, 0.05) is 18.7 Å². The summed E-state index contributed by atoms with van der Waals surface area (Å²) in [5.41, 5.74) is 0.991. The zero-order chi connectivity index (χ0) is 16.2. The molecule has 2 amide bonds. The first-order chi connectivity index (χ1) is 11.1. The number of ether oxygens (including phenoxy) is 1. The molecule has 2 N–H and O–H groups in total. The number of nitrogens with zero attached hydrogens (tertiary/aromatic N) is 1. The van der Waals surface area contributed by atoms with Crippen molar-refractivity contribution in [2.24, 2.45) is 5.92 Å². The maximum Gasteiger partial charge on any atom is 0.317 e. The van der Waals surface area contributed by atoms with Gasteiger partial charge in [-0.05, 0) is 31.7 Å². The lowest BCUT2D eigenvalue weighted by Gasteiger charge is -2.32. The first-order valence-corrected chi connectivity index (χ1v) is 8.15. The summed E-state index contributed by atoms with van der Waals surface area (Å²) in [6, 6.07) is 7.48. The van der Waals surface area contributed by atoms with E-state index in [0.717, 1.165) is 30.6 Å². The number of urea groups is 1. The molecule has 1 fully saturated rings. The number of carbonyl (C=O) groups excluding carboxylic acids is 1. The van der Waals surface area contributed by atoms with E-state index in [9.17, 15) is 9.59 Å². The average molecular weight is 318 g/mol. The van der Waals surface area contributed by atoms with E-state index in [1.54, 1.807) is 4.90 Å². The van der Waals surface area contributed by atoms with Gasteiger partial charge in [-0.25, -0.2) is 4.79 Å². The molecule has 0 bridgehead atoms. The number of likely N-dealkylation sites (tertiary alicyclic amines) is 1. The van der Waals surface area contributed by atoms with E-state index in [1.165, 1.54) is 0 Å². The number of carboxylic acid groups (broad SMARTS) is 1. The van der Waals surface area contributed by atoms with Crippen LogP contribution in [0.4, 0.5) is 4.79 Å². The van der Waals surface area contributed by atoms with E-state index in [2.05, 4.69) is 5.32 Å². The van der Waals surface area contributed by atoms with E-state index in [0.29, 0.717) is 19.6 Å². The second-order valence-corrected chi connectivity index (χ2v) is 6.15. The fraction of sp³-hybridized carbons (Fsp3) is 0.529. The zero-order valence-electron chi connectivity index (χ0n) is 13.0. The van der Waals surface area contributed by atoms with Crippen LogP contribution in [0.5, 0.6) is 5.75 Å². The Bertz CT molecular complexity index is 590. The summed E-state index contributed by atoms with van der Waals surface area (Å²) in [4.78, 5) is 25.3. The second kappa shape index (κ2) is 6.89. The highest BCUT2D eigenvalue weighted by Gasteiger charge is 2.30. The van der Waals surface area contributed by atoms with Crippen LogP contribution in [0.1, 0.15) is 37.3 Å². The number of nitrogens with one attached hydrogen (secondary N) is 1. The Morgan fingerprint density at radius 3 is 2.87 bits per heavy atom. The maximum atomic E-state index is 12.5. The number of fused-ring (bicyclic) bond motifs is 1. The van der Waals surface area contributed by atoms with Crippen molar-refractivity contribution < 1.29 is 19.4 Å². The average Bonchev–Trinajstić information content (AvgIpc) is 2.77. The van der Waals surface area contributed by atoms with Crippen molar-refractivity contribution in [3.8, 4) is 5.75 Å². The van der Waals surface area contributed by atoms with E-state index in [-0.39, 0.29) is 18.6 Å². The van der Waals surface area contributed by atoms with Gasteiger partial charge >= 0.3 is 12.0 Å². The van der Waals surface area contributed by atoms with Gasteiger partial charge in [0.1, 0.15) is 5.75 Å². The van der Waals surface area contributed by atoms with Crippen LogP contribution in [-0.4, -0.2) is 41.7 Å². The second-order valence-electron chi connectivity index (χ2n) is 6.15. The fourth-order valence-corrected chi connectivity index (χ4v) is 3.28. The first-order valence-electron chi connectivity index (χ1n) is 8.15. The van der Waals surface area contributed by atoms with Gasteiger partial charge in [-0.1, -0.05) is 18.2 Å². The predicted molar refractivity (Wildman–Crippen MR) is 84.4 cm³/mol. The van der Waals surface area contributed by atoms with Gasteiger partial charge < -0.3 is 20.1 Å². The molecule has 0 radical (unpaired) electrons. The van der Waals surface area contributed by atoms with E-state index >= 15 is 0 Å². The van der Waals surface area contributed by atoms with Crippen molar-refractivity contribution in [2.45, 2.75) is 31.7 Å². The first kappa shape index (κ1) is 15.6. The minimum absolute atomic E-state index is 0.0913. The molecule has 2 aliphatic heterocycles. The molecule has 2 heterocycles. The lowest BCUT2D eigenvalue weighted by Crippen LogP contribution is -2.47. The van der Waals surface area contributed by atoms with Crippen molar-refractivity contribution in [3.63, 3.8) is 0 Å². The Kier molecular flexibility index (Phi) is 4.69. The highest BCUT2D eigenvalue weighted by atomic mass is 16.5. The van der Waals surface area contributed by atoms with Crippen LogP contribution in [0.15, 0.2) is 24.3 Å². The zero-order valence-corrected chi connectivity index (χ0v) is 13.0. The van der Waals surface area contributed by atoms with Gasteiger partial charge in [-0.3, -0.25) is 4.79 Å². The highest BCUT2D eigenvalue weighted by molar-refractivity contribution is 5.77. The van der Waals surface area contributed by atoms with E-state index in [1.807, 2.05) is 24.3 Å². The van der Waals surface area contributed by atoms with Gasteiger partial charge in [0.25, 0.3) is 0 Å². The molecule has 6 nitrogen and oxygen atoms in total. The highest BCUT2D eigenvalue weighted by Crippen LogP contribution is 2.31. The van der Waals surface area contributed by atoms with Crippen LogP contribution < -0.4 is 10.1 Å². The molecule has 23 heavy (non-hydrogen) atoms. The van der Waals surface area contributed by atoms with Crippen molar-refractivity contribution in [1.82, 2.24) is 10.2 Å². The third-order valence-corrected chi connectivity index (χ3v) is 4.54. The third kappa shape index (κ3) is 3.57. The quantitative estimate of drug-likeness (QED) is 0.877. The predicted octanol–water partition coefficient (Wildman–Crippen LogP) is 2.41. The number of amides is 2. The molecule has 1 saturated heterocycles. The summed E-state index contributed by atoms with van der Waals surface area (Å²) in [5.74, 6) is -0.465. The Labute approximate surface area is 135 Å². The van der Waals surface area contributed by atoms with Crippen LogP contribution in [-0.2, 0) is 4.79 Å². The number of aliphatic carboxylic acids is 1. The van der Waals surface area contributed by atoms with Crippen molar-refractivity contribution in [3.05, 3.63) is 29.8 Å². The largest absolute Gasteiger partial charge is 0.493 e. The molecular weight excluding hydrogens is 296 g/mol. The monoisotopic (exact) mass is 318 g/mol. The van der Waals surface area contributed by atoms with E-state index < -0.39 is 11.9 Å². The fourth-order valence-electron chi connectivity index (χ4n) is 3.28.